The number of hydrogen-bond donors (Lipinski definition) is 0. The van der Waals surface area contributed by atoms with Crippen molar-refractivity contribution in [2.75, 3.05) is 0 Å². The minimum Gasteiger partial charge on any atom is -0.0919 e. The van der Waals surface area contributed by atoms with Gasteiger partial charge in [-0.15, -0.1) is 0 Å². The van der Waals surface area contributed by atoms with E-state index in [4.69, 9.17) is 34.8 Å². The molecule has 0 aliphatic heterocycles. The lowest BCUT2D eigenvalue weighted by Gasteiger charge is -2.04. The molecule has 0 aromatic rings. The number of rotatable bonds is 2. The Morgan fingerprint density at radius 1 is 1.22 bits per heavy atom. The van der Waals surface area contributed by atoms with Gasteiger partial charge in [0.2, 0.25) is 0 Å². The standard InChI is InChI=1S/C5H9Cl3Si/c6-5(7,8)3-1-2-4-9/h1-2H,3-4H2,9H3. The molecule has 0 saturated carbocycles. The summed E-state index contributed by atoms with van der Waals surface area (Å²) in [5, 5.41) is 0. The molecule has 4 heteroatoms. The molecular formula is C5H9Cl3Si. The Morgan fingerprint density at radius 3 is 2.11 bits per heavy atom. The fraction of sp³-hybridized carbons (Fsp3) is 0.600. The second kappa shape index (κ2) is 4.61. The van der Waals surface area contributed by atoms with E-state index in [9.17, 15) is 0 Å². The quantitative estimate of drug-likeness (QED) is 0.366. The maximum Gasteiger partial charge on any atom is 0.194 e. The van der Waals surface area contributed by atoms with Crippen LogP contribution in [0.25, 0.3) is 0 Å². The molecule has 0 rings (SSSR count). The van der Waals surface area contributed by atoms with Gasteiger partial charge in [-0.2, -0.15) is 0 Å². The van der Waals surface area contributed by atoms with Crippen molar-refractivity contribution < 1.29 is 0 Å². The monoisotopic (exact) mass is 202 g/mol. The van der Waals surface area contributed by atoms with Gasteiger partial charge in [0.1, 0.15) is 0 Å². The zero-order valence-corrected chi connectivity index (χ0v) is 9.47. The molecule has 0 nitrogen and oxygen atoms in total. The van der Waals surface area contributed by atoms with E-state index in [1.54, 1.807) is 0 Å². The van der Waals surface area contributed by atoms with Crippen LogP contribution in [0.3, 0.4) is 0 Å². The average molecular weight is 204 g/mol. The van der Waals surface area contributed by atoms with E-state index in [0.29, 0.717) is 6.42 Å². The molecular weight excluding hydrogens is 194 g/mol. The molecule has 0 saturated heterocycles. The van der Waals surface area contributed by atoms with Crippen molar-refractivity contribution in [1.29, 1.82) is 0 Å². The van der Waals surface area contributed by atoms with Crippen molar-refractivity contribution in [2.24, 2.45) is 0 Å². The maximum absolute atomic E-state index is 5.46. The smallest absolute Gasteiger partial charge is 0.0919 e. The van der Waals surface area contributed by atoms with E-state index < -0.39 is 3.79 Å². The van der Waals surface area contributed by atoms with Crippen molar-refractivity contribution in [2.45, 2.75) is 16.3 Å². The first kappa shape index (κ1) is 9.83. The summed E-state index contributed by atoms with van der Waals surface area (Å²) >= 11 is 16.4. The van der Waals surface area contributed by atoms with E-state index in [-0.39, 0.29) is 0 Å². The van der Waals surface area contributed by atoms with Gasteiger partial charge in [-0.1, -0.05) is 47.0 Å². The van der Waals surface area contributed by atoms with Crippen LogP contribution >= 0.6 is 34.8 Å². The summed E-state index contributed by atoms with van der Waals surface area (Å²) in [7, 11) is 1.17. The van der Waals surface area contributed by atoms with Crippen molar-refractivity contribution >= 4 is 45.0 Å². The van der Waals surface area contributed by atoms with Crippen molar-refractivity contribution in [1.82, 2.24) is 0 Å². The summed E-state index contributed by atoms with van der Waals surface area (Å²) in [6, 6.07) is 1.13. The van der Waals surface area contributed by atoms with E-state index >= 15 is 0 Å². The molecule has 0 bridgehead atoms. The van der Waals surface area contributed by atoms with Gasteiger partial charge in [-0.3, -0.25) is 0 Å². The fourth-order valence-corrected chi connectivity index (χ4v) is 0.984. The van der Waals surface area contributed by atoms with Crippen LogP contribution in [0.2, 0.25) is 6.04 Å². The molecule has 0 aliphatic carbocycles. The summed E-state index contributed by atoms with van der Waals surface area (Å²) in [4.78, 5) is 0. The molecule has 0 N–H and O–H groups in total. The first-order valence-corrected chi connectivity index (χ1v) is 5.33. The van der Waals surface area contributed by atoms with Crippen LogP contribution in [0.15, 0.2) is 12.2 Å². The Hall–Kier alpha value is 0.827. The minimum absolute atomic E-state index is 0.514. The van der Waals surface area contributed by atoms with Gasteiger partial charge >= 0.3 is 0 Å². The second-order valence-electron chi connectivity index (χ2n) is 1.70. The molecule has 54 valence electrons. The van der Waals surface area contributed by atoms with Crippen LogP contribution in [0.1, 0.15) is 6.42 Å². The average Bonchev–Trinajstić information content (AvgIpc) is 1.63. The Labute approximate surface area is 73.6 Å². The van der Waals surface area contributed by atoms with E-state index in [0.717, 1.165) is 6.04 Å². The summed E-state index contributed by atoms with van der Waals surface area (Å²) in [6.07, 6.45) is 4.45. The van der Waals surface area contributed by atoms with Crippen LogP contribution in [-0.2, 0) is 0 Å². The normalized spacial score (nSPS) is 13.2. The van der Waals surface area contributed by atoms with Crippen molar-refractivity contribution in [3.63, 3.8) is 0 Å². The highest BCUT2D eigenvalue weighted by Crippen LogP contribution is 2.30. The van der Waals surface area contributed by atoms with Crippen LogP contribution in [0, 0.1) is 0 Å². The molecule has 9 heavy (non-hydrogen) atoms. The van der Waals surface area contributed by atoms with Gasteiger partial charge in [-0.05, 0) is 6.04 Å². The third kappa shape index (κ3) is 8.83. The van der Waals surface area contributed by atoms with E-state index in [2.05, 4.69) is 0 Å². The Morgan fingerprint density at radius 2 is 1.78 bits per heavy atom. The zero-order valence-electron chi connectivity index (χ0n) is 5.20. The van der Waals surface area contributed by atoms with Gasteiger partial charge in [0.05, 0.1) is 0 Å². The van der Waals surface area contributed by atoms with Crippen LogP contribution < -0.4 is 0 Å². The number of halogens is 3. The largest absolute Gasteiger partial charge is 0.194 e. The van der Waals surface area contributed by atoms with Crippen LogP contribution in [0.4, 0.5) is 0 Å². The molecule has 0 unspecified atom stereocenters. The highest BCUT2D eigenvalue weighted by Gasteiger charge is 2.15. The predicted octanol–water partition coefficient (Wildman–Crippen LogP) is 2.09. The first-order chi connectivity index (χ1) is 4.06. The summed E-state index contributed by atoms with van der Waals surface area (Å²) < 4.78 is -1.10. The van der Waals surface area contributed by atoms with Gasteiger partial charge in [-0.25, -0.2) is 0 Å². The zero-order chi connectivity index (χ0) is 7.33. The fourth-order valence-electron chi connectivity index (χ4n) is 0.384. The maximum atomic E-state index is 5.46. The SMILES string of the molecule is [SiH3]CC=CCC(Cl)(Cl)Cl. The molecule has 0 aromatic heterocycles. The first-order valence-electron chi connectivity index (χ1n) is 2.78. The Bertz CT molecular complexity index is 94.9. The molecule has 0 spiro atoms. The molecule has 0 radical (unpaired) electrons. The third-order valence-corrected chi connectivity index (χ3v) is 1.69. The summed E-state index contributed by atoms with van der Waals surface area (Å²) in [5.74, 6) is 0. The lowest BCUT2D eigenvalue weighted by Crippen LogP contribution is -1.97. The van der Waals surface area contributed by atoms with Crippen molar-refractivity contribution in [3.05, 3.63) is 12.2 Å². The van der Waals surface area contributed by atoms with Gasteiger partial charge in [0.15, 0.2) is 3.79 Å². The van der Waals surface area contributed by atoms with Crippen LogP contribution in [-0.4, -0.2) is 14.0 Å². The molecule has 0 aliphatic rings. The minimum atomic E-state index is -1.10. The van der Waals surface area contributed by atoms with Gasteiger partial charge in [0, 0.05) is 16.7 Å². The van der Waals surface area contributed by atoms with Gasteiger partial charge < -0.3 is 0 Å². The van der Waals surface area contributed by atoms with E-state index in [1.165, 1.54) is 10.2 Å². The van der Waals surface area contributed by atoms with Gasteiger partial charge in [0.25, 0.3) is 0 Å². The highest BCUT2D eigenvalue weighted by molar-refractivity contribution is 6.67. The Balaban J connectivity index is 3.38. The summed E-state index contributed by atoms with van der Waals surface area (Å²) in [5.41, 5.74) is 0. The lowest BCUT2D eigenvalue weighted by atomic mass is 10.4. The molecule has 0 aromatic carbocycles. The van der Waals surface area contributed by atoms with E-state index in [1.807, 2.05) is 12.2 Å². The topological polar surface area (TPSA) is 0 Å². The third-order valence-electron chi connectivity index (χ3n) is 0.752. The van der Waals surface area contributed by atoms with Crippen LogP contribution in [0.5, 0.6) is 0 Å². The molecule has 0 amide bonds. The Kier molecular flexibility index (Phi) is 5.04. The molecule has 0 heterocycles. The highest BCUT2D eigenvalue weighted by atomic mass is 35.6. The number of alkyl halides is 3. The predicted molar refractivity (Wildman–Crippen MR) is 48.8 cm³/mol. The molecule has 0 fully saturated rings. The summed E-state index contributed by atoms with van der Waals surface area (Å²) in [6.45, 7) is 0. The lowest BCUT2D eigenvalue weighted by molar-refractivity contribution is 1.07. The number of allylic oxidation sites excluding steroid dienone is 2. The number of hydrogen-bond acceptors (Lipinski definition) is 0. The van der Waals surface area contributed by atoms with Crippen molar-refractivity contribution in [3.8, 4) is 0 Å². The molecule has 0 atom stereocenters. The second-order valence-corrected chi connectivity index (χ2v) is 5.03.